The first-order chi connectivity index (χ1) is 17.0. The number of fused-ring (bicyclic) bond motifs is 2. The van der Waals surface area contributed by atoms with Gasteiger partial charge in [0.15, 0.2) is 5.16 Å². The molecule has 1 aromatic heterocycles. The van der Waals surface area contributed by atoms with Crippen LogP contribution in [0.15, 0.2) is 101 Å². The monoisotopic (exact) mass is 481 g/mol. The zero-order valence-electron chi connectivity index (χ0n) is 19.3. The summed E-state index contributed by atoms with van der Waals surface area (Å²) in [6, 6.07) is 28.8. The Morgan fingerprint density at radius 3 is 2.46 bits per heavy atom. The molecule has 0 aliphatic heterocycles. The molecule has 0 N–H and O–H groups in total. The van der Waals surface area contributed by atoms with Crippen LogP contribution in [0.2, 0.25) is 0 Å². The van der Waals surface area contributed by atoms with Crippen LogP contribution in [0.4, 0.5) is 4.79 Å². The lowest BCUT2D eigenvalue weighted by Crippen LogP contribution is -2.25. The van der Waals surface area contributed by atoms with Crippen LogP contribution in [0.25, 0.3) is 27.4 Å². The fraction of sp³-hybridized carbons (Fsp3) is 0.107. The van der Waals surface area contributed by atoms with Crippen LogP contribution < -0.4 is 10.3 Å². The summed E-state index contributed by atoms with van der Waals surface area (Å²) in [6.45, 7) is 0. The van der Waals surface area contributed by atoms with E-state index in [0.29, 0.717) is 27.6 Å². The van der Waals surface area contributed by atoms with E-state index in [2.05, 4.69) is 0 Å². The van der Waals surface area contributed by atoms with Crippen molar-refractivity contribution in [2.24, 2.45) is 0 Å². The number of hydrogen-bond donors (Lipinski definition) is 0. The number of carbonyl (C=O) groups is 1. The van der Waals surface area contributed by atoms with Crippen LogP contribution in [0.1, 0.15) is 5.56 Å². The average molecular weight is 482 g/mol. The summed E-state index contributed by atoms with van der Waals surface area (Å²) in [6.07, 6.45) is -0.445. The third-order valence-electron chi connectivity index (χ3n) is 5.63. The Morgan fingerprint density at radius 1 is 0.914 bits per heavy atom. The van der Waals surface area contributed by atoms with Crippen molar-refractivity contribution in [1.29, 1.82) is 0 Å². The van der Waals surface area contributed by atoms with Gasteiger partial charge in [0.2, 0.25) is 0 Å². The van der Waals surface area contributed by atoms with Crippen molar-refractivity contribution in [2.75, 3.05) is 14.1 Å². The fourth-order valence-corrected chi connectivity index (χ4v) is 4.81. The highest BCUT2D eigenvalue weighted by atomic mass is 32.2. The molecule has 5 aromatic rings. The maximum Gasteiger partial charge on any atom is 0.414 e. The average Bonchev–Trinajstić information content (AvgIpc) is 2.88. The van der Waals surface area contributed by atoms with Crippen molar-refractivity contribution >= 4 is 39.5 Å². The third kappa shape index (κ3) is 4.63. The molecule has 1 heterocycles. The summed E-state index contributed by atoms with van der Waals surface area (Å²) in [7, 11) is 3.28. The molecule has 1 amide bonds. The van der Waals surface area contributed by atoms with Crippen molar-refractivity contribution in [3.05, 3.63) is 107 Å². The Hall–Kier alpha value is -4.10. The van der Waals surface area contributed by atoms with Crippen molar-refractivity contribution in [3.8, 4) is 11.4 Å². The first-order valence-electron chi connectivity index (χ1n) is 11.1. The minimum Gasteiger partial charge on any atom is -0.410 e. The molecule has 0 aliphatic rings. The number of benzene rings is 4. The first-order valence-corrected chi connectivity index (χ1v) is 12.1. The van der Waals surface area contributed by atoms with Crippen LogP contribution in [0.3, 0.4) is 0 Å². The maximum absolute atomic E-state index is 13.6. The van der Waals surface area contributed by atoms with Crippen LogP contribution >= 0.6 is 11.8 Å². The second kappa shape index (κ2) is 9.64. The zero-order valence-corrected chi connectivity index (χ0v) is 20.2. The van der Waals surface area contributed by atoms with Gasteiger partial charge >= 0.3 is 6.09 Å². The predicted molar refractivity (Wildman–Crippen MR) is 141 cm³/mol. The summed E-state index contributed by atoms with van der Waals surface area (Å²) in [5, 5.41) is 3.27. The zero-order chi connectivity index (χ0) is 24.4. The Balaban J connectivity index is 1.58. The van der Waals surface area contributed by atoms with Gasteiger partial charge in [-0.05, 0) is 41.1 Å². The normalized spacial score (nSPS) is 11.0. The van der Waals surface area contributed by atoms with Crippen molar-refractivity contribution in [2.45, 2.75) is 10.9 Å². The number of ether oxygens (including phenoxy) is 1. The minimum absolute atomic E-state index is 0.124. The Bertz CT molecular complexity index is 1610. The molecule has 0 aliphatic carbocycles. The first kappa shape index (κ1) is 22.7. The van der Waals surface area contributed by atoms with E-state index in [4.69, 9.17) is 9.72 Å². The summed E-state index contributed by atoms with van der Waals surface area (Å²) in [5.41, 5.74) is 2.10. The van der Waals surface area contributed by atoms with E-state index >= 15 is 0 Å². The van der Waals surface area contributed by atoms with Crippen LogP contribution in [-0.2, 0) is 5.75 Å². The summed E-state index contributed by atoms with van der Waals surface area (Å²) in [5.74, 6) is 0.953. The Labute approximate surface area is 206 Å². The Kier molecular flexibility index (Phi) is 6.25. The van der Waals surface area contributed by atoms with Crippen LogP contribution in [-0.4, -0.2) is 34.6 Å². The van der Waals surface area contributed by atoms with Gasteiger partial charge in [-0.2, -0.15) is 0 Å². The number of thioether (sulfide) groups is 1. The van der Waals surface area contributed by atoms with E-state index in [1.807, 2.05) is 78.9 Å². The van der Waals surface area contributed by atoms with Crippen molar-refractivity contribution < 1.29 is 9.53 Å². The molecule has 6 nitrogen and oxygen atoms in total. The third-order valence-corrected chi connectivity index (χ3v) is 6.62. The summed E-state index contributed by atoms with van der Waals surface area (Å²) in [4.78, 5) is 32.0. The molecule has 7 heteroatoms. The smallest absolute Gasteiger partial charge is 0.410 e. The topological polar surface area (TPSA) is 64.4 Å². The molecule has 0 unspecified atom stereocenters. The number of aromatic nitrogens is 2. The molecule has 4 aromatic carbocycles. The van der Waals surface area contributed by atoms with Gasteiger partial charge in [0.1, 0.15) is 5.75 Å². The molecule has 0 spiro atoms. The quantitative estimate of drug-likeness (QED) is 0.231. The molecule has 0 radical (unpaired) electrons. The highest BCUT2D eigenvalue weighted by Gasteiger charge is 2.16. The fourth-order valence-electron chi connectivity index (χ4n) is 3.80. The van der Waals surface area contributed by atoms with Crippen molar-refractivity contribution in [3.63, 3.8) is 0 Å². The molecular formula is C28H23N3O3S. The van der Waals surface area contributed by atoms with Gasteiger partial charge in [-0.25, -0.2) is 9.78 Å². The Morgan fingerprint density at radius 2 is 1.63 bits per heavy atom. The summed E-state index contributed by atoms with van der Waals surface area (Å²) >= 11 is 1.43. The van der Waals surface area contributed by atoms with E-state index < -0.39 is 6.09 Å². The molecule has 5 rings (SSSR count). The van der Waals surface area contributed by atoms with Crippen LogP contribution in [0, 0.1) is 0 Å². The van der Waals surface area contributed by atoms with Gasteiger partial charge < -0.3 is 9.64 Å². The van der Waals surface area contributed by atoms with Crippen LogP contribution in [0.5, 0.6) is 5.75 Å². The number of nitrogens with zero attached hydrogens (tertiary/aromatic N) is 3. The maximum atomic E-state index is 13.6. The van der Waals surface area contributed by atoms with E-state index in [0.717, 1.165) is 22.0 Å². The van der Waals surface area contributed by atoms with Gasteiger partial charge in [-0.3, -0.25) is 9.36 Å². The number of amides is 1. The molecular weight excluding hydrogens is 458 g/mol. The molecule has 0 bridgehead atoms. The van der Waals surface area contributed by atoms with Gasteiger partial charge in [-0.15, -0.1) is 0 Å². The van der Waals surface area contributed by atoms with E-state index in [1.54, 1.807) is 30.8 Å². The van der Waals surface area contributed by atoms with Gasteiger partial charge in [0.25, 0.3) is 5.56 Å². The SMILES string of the molecule is CN(C)C(=O)Oc1ccccc1CSc1nc2ccccc2c(=O)n1-c1ccc2ccccc2c1. The second-order valence-electron chi connectivity index (χ2n) is 8.24. The highest BCUT2D eigenvalue weighted by molar-refractivity contribution is 7.98. The lowest BCUT2D eigenvalue weighted by Gasteiger charge is -2.16. The summed E-state index contributed by atoms with van der Waals surface area (Å²) < 4.78 is 7.20. The minimum atomic E-state index is -0.445. The molecule has 0 atom stereocenters. The van der Waals surface area contributed by atoms with Gasteiger partial charge in [0.05, 0.1) is 16.6 Å². The van der Waals surface area contributed by atoms with E-state index in [1.165, 1.54) is 16.7 Å². The highest BCUT2D eigenvalue weighted by Crippen LogP contribution is 2.30. The number of rotatable bonds is 5. The largest absolute Gasteiger partial charge is 0.414 e. The van der Waals surface area contributed by atoms with Gasteiger partial charge in [-0.1, -0.05) is 72.4 Å². The lowest BCUT2D eigenvalue weighted by atomic mass is 10.1. The van der Waals surface area contributed by atoms with E-state index in [-0.39, 0.29) is 5.56 Å². The van der Waals surface area contributed by atoms with Crippen molar-refractivity contribution in [1.82, 2.24) is 14.5 Å². The number of carbonyl (C=O) groups excluding carboxylic acids is 1. The lowest BCUT2D eigenvalue weighted by molar-refractivity contribution is 0.171. The van der Waals surface area contributed by atoms with E-state index in [9.17, 15) is 9.59 Å². The predicted octanol–water partition coefficient (Wildman–Crippen LogP) is 5.89. The second-order valence-corrected chi connectivity index (χ2v) is 9.18. The molecule has 0 fully saturated rings. The molecule has 174 valence electrons. The number of para-hydroxylation sites is 2. The number of hydrogen-bond acceptors (Lipinski definition) is 5. The molecule has 35 heavy (non-hydrogen) atoms. The molecule has 0 saturated heterocycles. The molecule has 0 saturated carbocycles. The standard InChI is InChI=1S/C28H23N3O3S/c1-30(2)28(33)34-25-14-8-5-11-21(25)18-35-27-29-24-13-7-6-12-23(24)26(32)31(27)22-16-15-19-9-3-4-10-20(19)17-22/h3-17H,18H2,1-2H3. The van der Waals surface area contributed by atoms with Gasteiger partial charge in [0, 0.05) is 25.4 Å².